The Morgan fingerprint density at radius 3 is 2.84 bits per heavy atom. The van der Waals surface area contributed by atoms with Crippen LogP contribution in [0.4, 0.5) is 0 Å². The summed E-state index contributed by atoms with van der Waals surface area (Å²) in [6.45, 7) is 2.39. The average molecular weight is 340 g/mol. The summed E-state index contributed by atoms with van der Waals surface area (Å²) in [6.07, 6.45) is 3.29. The zero-order valence-electron chi connectivity index (χ0n) is 13.8. The molecule has 25 heavy (non-hydrogen) atoms. The first kappa shape index (κ1) is 15.8. The number of nitrogens with one attached hydrogen (secondary N) is 1. The summed E-state index contributed by atoms with van der Waals surface area (Å²) < 4.78 is 1.73. The third-order valence-corrected chi connectivity index (χ3v) is 5.31. The van der Waals surface area contributed by atoms with E-state index in [1.807, 2.05) is 30.3 Å². The van der Waals surface area contributed by atoms with Crippen LogP contribution in [0.1, 0.15) is 15.9 Å². The number of hydrogen-bond donors (Lipinski definition) is 2. The molecule has 2 aliphatic heterocycles. The summed E-state index contributed by atoms with van der Waals surface area (Å²) in [5, 5.41) is 17.0. The van der Waals surface area contributed by atoms with Gasteiger partial charge in [0.25, 0.3) is 5.91 Å². The van der Waals surface area contributed by atoms with Crippen molar-refractivity contribution >= 4 is 11.9 Å². The average Bonchev–Trinajstić information content (AvgIpc) is 3.29. The summed E-state index contributed by atoms with van der Waals surface area (Å²) in [4.78, 5) is 26.1. The smallest absolute Gasteiger partial charge is 0.313 e. The predicted octanol–water partition coefficient (Wildman–Crippen LogP) is 0.678. The zero-order valence-corrected chi connectivity index (χ0v) is 13.8. The van der Waals surface area contributed by atoms with Crippen molar-refractivity contribution in [3.8, 4) is 0 Å². The summed E-state index contributed by atoms with van der Waals surface area (Å²) in [7, 11) is 0. The standard InChI is InChI=1S/C18H20N4O3/c23-16(21-10-15-7-19-11-18(15,12-21)17(24)25)14-6-20-22(9-14)8-13-4-2-1-3-5-13/h1-6,9,15,19H,7-8,10-12H2,(H,24,25)/t15-,18-/m1/s1. The SMILES string of the molecule is O=C(c1cnn(Cc2ccccc2)c1)N1C[C@H]2CNC[C@@]2(C(=O)O)C1. The highest BCUT2D eigenvalue weighted by molar-refractivity contribution is 5.94. The quantitative estimate of drug-likeness (QED) is 0.854. The molecule has 2 fully saturated rings. The molecule has 2 saturated heterocycles. The van der Waals surface area contributed by atoms with Crippen LogP contribution in [0.2, 0.25) is 0 Å². The molecule has 130 valence electrons. The summed E-state index contributed by atoms with van der Waals surface area (Å²) in [5.74, 6) is -1.000. The van der Waals surface area contributed by atoms with Crippen molar-refractivity contribution in [3.63, 3.8) is 0 Å². The molecule has 1 aromatic carbocycles. The van der Waals surface area contributed by atoms with E-state index in [4.69, 9.17) is 0 Å². The van der Waals surface area contributed by atoms with Gasteiger partial charge in [-0.1, -0.05) is 30.3 Å². The van der Waals surface area contributed by atoms with E-state index in [1.165, 1.54) is 0 Å². The highest BCUT2D eigenvalue weighted by Gasteiger charge is 2.56. The second-order valence-corrected chi connectivity index (χ2v) is 6.89. The van der Waals surface area contributed by atoms with E-state index in [1.54, 1.807) is 22.0 Å². The van der Waals surface area contributed by atoms with Crippen LogP contribution >= 0.6 is 0 Å². The highest BCUT2D eigenvalue weighted by atomic mass is 16.4. The Balaban J connectivity index is 1.48. The maximum Gasteiger partial charge on any atom is 0.313 e. The molecule has 2 aromatic rings. The van der Waals surface area contributed by atoms with E-state index < -0.39 is 11.4 Å². The van der Waals surface area contributed by atoms with Gasteiger partial charge in [-0.15, -0.1) is 0 Å². The third kappa shape index (κ3) is 2.70. The number of benzene rings is 1. The van der Waals surface area contributed by atoms with Gasteiger partial charge in [0.05, 0.1) is 18.3 Å². The van der Waals surface area contributed by atoms with Crippen LogP contribution < -0.4 is 5.32 Å². The predicted molar refractivity (Wildman–Crippen MR) is 90.1 cm³/mol. The summed E-state index contributed by atoms with van der Waals surface area (Å²) >= 11 is 0. The van der Waals surface area contributed by atoms with Crippen LogP contribution in [-0.4, -0.2) is 57.8 Å². The van der Waals surface area contributed by atoms with E-state index in [0.717, 1.165) is 5.56 Å². The second-order valence-electron chi connectivity index (χ2n) is 6.89. The number of carboxylic acids is 1. The topological polar surface area (TPSA) is 87.5 Å². The molecular formula is C18H20N4O3. The highest BCUT2D eigenvalue weighted by Crippen LogP contribution is 2.39. The van der Waals surface area contributed by atoms with E-state index in [9.17, 15) is 14.7 Å². The number of aliphatic carboxylic acids is 1. The normalized spacial score (nSPS) is 25.1. The second kappa shape index (κ2) is 6.00. The Bertz CT molecular complexity index is 804. The minimum atomic E-state index is -0.851. The number of rotatable bonds is 4. The molecular weight excluding hydrogens is 320 g/mol. The lowest BCUT2D eigenvalue weighted by atomic mass is 9.81. The minimum absolute atomic E-state index is 0.0340. The molecule has 0 aliphatic carbocycles. The third-order valence-electron chi connectivity index (χ3n) is 5.31. The van der Waals surface area contributed by atoms with Crippen LogP contribution in [0.5, 0.6) is 0 Å². The number of hydrogen-bond acceptors (Lipinski definition) is 4. The maximum absolute atomic E-state index is 12.8. The first-order valence-corrected chi connectivity index (χ1v) is 8.38. The molecule has 0 saturated carbocycles. The Morgan fingerprint density at radius 1 is 1.32 bits per heavy atom. The Hall–Kier alpha value is -2.67. The monoisotopic (exact) mass is 340 g/mol. The van der Waals surface area contributed by atoms with Crippen molar-refractivity contribution < 1.29 is 14.7 Å². The lowest BCUT2D eigenvalue weighted by Gasteiger charge is -2.22. The molecule has 1 amide bonds. The van der Waals surface area contributed by atoms with Crippen molar-refractivity contribution in [2.45, 2.75) is 6.54 Å². The van der Waals surface area contributed by atoms with Gasteiger partial charge in [-0.2, -0.15) is 5.10 Å². The number of fused-ring (bicyclic) bond motifs is 1. The largest absolute Gasteiger partial charge is 0.481 e. The molecule has 1 aromatic heterocycles. The fourth-order valence-electron chi connectivity index (χ4n) is 3.89. The fourth-order valence-corrected chi connectivity index (χ4v) is 3.89. The van der Waals surface area contributed by atoms with E-state index in [-0.39, 0.29) is 18.4 Å². The molecule has 0 radical (unpaired) electrons. The molecule has 7 heteroatoms. The van der Waals surface area contributed by atoms with E-state index >= 15 is 0 Å². The van der Waals surface area contributed by atoms with Crippen molar-refractivity contribution in [1.82, 2.24) is 20.0 Å². The van der Waals surface area contributed by atoms with Gasteiger partial charge >= 0.3 is 5.97 Å². The van der Waals surface area contributed by atoms with Crippen LogP contribution in [0.25, 0.3) is 0 Å². The molecule has 2 atom stereocenters. The Labute approximate surface area is 145 Å². The van der Waals surface area contributed by atoms with Gasteiger partial charge in [-0.3, -0.25) is 14.3 Å². The molecule has 0 spiro atoms. The van der Waals surface area contributed by atoms with Gasteiger partial charge in [0, 0.05) is 38.3 Å². The number of carbonyl (C=O) groups excluding carboxylic acids is 1. The van der Waals surface area contributed by atoms with Gasteiger partial charge < -0.3 is 15.3 Å². The van der Waals surface area contributed by atoms with Gasteiger partial charge in [0.1, 0.15) is 5.41 Å². The number of aromatic nitrogens is 2. The van der Waals surface area contributed by atoms with Gasteiger partial charge in [-0.25, -0.2) is 0 Å². The summed E-state index contributed by atoms with van der Waals surface area (Å²) in [5.41, 5.74) is 0.760. The lowest BCUT2D eigenvalue weighted by Crippen LogP contribution is -2.41. The zero-order chi connectivity index (χ0) is 17.4. The fraction of sp³-hybridized carbons (Fsp3) is 0.389. The number of nitrogens with zero attached hydrogens (tertiary/aromatic N) is 3. The number of amides is 1. The first-order chi connectivity index (χ1) is 12.1. The molecule has 0 unspecified atom stereocenters. The Morgan fingerprint density at radius 2 is 2.12 bits per heavy atom. The molecule has 7 nitrogen and oxygen atoms in total. The molecule has 2 N–H and O–H groups in total. The molecule has 2 aliphatic rings. The van der Waals surface area contributed by atoms with E-state index in [2.05, 4.69) is 10.4 Å². The lowest BCUT2D eigenvalue weighted by molar-refractivity contribution is -0.148. The van der Waals surface area contributed by atoms with Crippen LogP contribution in [0.15, 0.2) is 42.7 Å². The van der Waals surface area contributed by atoms with Crippen molar-refractivity contribution in [2.24, 2.45) is 11.3 Å². The number of carbonyl (C=O) groups is 2. The van der Waals surface area contributed by atoms with Gasteiger partial charge in [0.2, 0.25) is 0 Å². The molecule has 3 heterocycles. The maximum atomic E-state index is 12.8. The van der Waals surface area contributed by atoms with Crippen molar-refractivity contribution in [3.05, 3.63) is 53.9 Å². The van der Waals surface area contributed by atoms with Crippen LogP contribution in [0, 0.1) is 11.3 Å². The first-order valence-electron chi connectivity index (χ1n) is 8.38. The molecule has 4 rings (SSSR count). The number of carboxylic acid groups (broad SMARTS) is 1. The minimum Gasteiger partial charge on any atom is -0.481 e. The van der Waals surface area contributed by atoms with Crippen molar-refractivity contribution in [1.29, 1.82) is 0 Å². The Kier molecular flexibility index (Phi) is 3.80. The van der Waals surface area contributed by atoms with Crippen molar-refractivity contribution in [2.75, 3.05) is 26.2 Å². The molecule has 0 bridgehead atoms. The van der Waals surface area contributed by atoms with Gasteiger partial charge in [0.15, 0.2) is 0 Å². The number of likely N-dealkylation sites (tertiary alicyclic amines) is 1. The van der Waals surface area contributed by atoms with Crippen LogP contribution in [-0.2, 0) is 11.3 Å². The van der Waals surface area contributed by atoms with E-state index in [0.29, 0.717) is 31.7 Å². The van der Waals surface area contributed by atoms with Crippen LogP contribution in [0.3, 0.4) is 0 Å². The van der Waals surface area contributed by atoms with Gasteiger partial charge in [-0.05, 0) is 5.56 Å². The summed E-state index contributed by atoms with van der Waals surface area (Å²) in [6, 6.07) is 9.91.